The van der Waals surface area contributed by atoms with Crippen LogP contribution in [0.3, 0.4) is 0 Å². The van der Waals surface area contributed by atoms with Crippen LogP contribution in [-0.4, -0.2) is 11.0 Å². The van der Waals surface area contributed by atoms with Crippen LogP contribution in [0.25, 0.3) is 10.9 Å². The molecule has 0 radical (unpaired) electrons. The minimum Gasteiger partial charge on any atom is -0.310 e. The van der Waals surface area contributed by atoms with Gasteiger partial charge in [0.1, 0.15) is 5.82 Å². The van der Waals surface area contributed by atoms with Crippen LogP contribution in [0.4, 0.5) is 4.39 Å². The minimum atomic E-state index is -0.181. The molecular formula is C22H23FN2. The normalized spacial score (nSPS) is 20.7. The van der Waals surface area contributed by atoms with Crippen molar-refractivity contribution < 1.29 is 4.39 Å². The lowest BCUT2D eigenvalue weighted by atomic mass is 9.80. The second-order valence-electron chi connectivity index (χ2n) is 6.98. The third kappa shape index (κ3) is 3.72. The van der Waals surface area contributed by atoms with Gasteiger partial charge in [0.15, 0.2) is 0 Å². The number of rotatable bonds is 4. The van der Waals surface area contributed by atoms with Crippen molar-refractivity contribution in [3.63, 3.8) is 0 Å². The molecule has 25 heavy (non-hydrogen) atoms. The largest absolute Gasteiger partial charge is 0.310 e. The summed E-state index contributed by atoms with van der Waals surface area (Å²) in [6, 6.07) is 18.1. The Hall–Kier alpha value is -2.26. The molecule has 1 aromatic heterocycles. The Morgan fingerprint density at radius 2 is 1.76 bits per heavy atom. The highest BCUT2D eigenvalue weighted by atomic mass is 19.1. The molecule has 3 heteroatoms. The zero-order chi connectivity index (χ0) is 17.1. The van der Waals surface area contributed by atoms with E-state index in [0.717, 1.165) is 43.1 Å². The standard InChI is InChI=1S/C22H23FN2/c23-18-8-11-22-21(14-18)20(12-13-24-22)17-6-9-19(10-7-17)25-15-16-4-2-1-3-5-16/h1-5,8,11-14,17,19,25H,6-7,9-10,15H2/t17-,19-. The summed E-state index contributed by atoms with van der Waals surface area (Å²) in [5, 5.41) is 4.66. The number of fused-ring (bicyclic) bond motifs is 1. The van der Waals surface area contributed by atoms with Crippen molar-refractivity contribution in [3.8, 4) is 0 Å². The fourth-order valence-corrected chi connectivity index (χ4v) is 3.96. The van der Waals surface area contributed by atoms with Crippen molar-refractivity contribution in [1.82, 2.24) is 10.3 Å². The number of aromatic nitrogens is 1. The van der Waals surface area contributed by atoms with Crippen LogP contribution in [-0.2, 0) is 6.54 Å². The molecule has 2 aromatic carbocycles. The van der Waals surface area contributed by atoms with Gasteiger partial charge >= 0.3 is 0 Å². The molecule has 3 aromatic rings. The summed E-state index contributed by atoms with van der Waals surface area (Å²) in [5.74, 6) is 0.321. The highest BCUT2D eigenvalue weighted by molar-refractivity contribution is 5.82. The van der Waals surface area contributed by atoms with Crippen molar-refractivity contribution in [1.29, 1.82) is 0 Å². The van der Waals surface area contributed by atoms with Crippen molar-refractivity contribution in [3.05, 3.63) is 77.7 Å². The molecule has 1 N–H and O–H groups in total. The first-order valence-corrected chi connectivity index (χ1v) is 9.11. The second kappa shape index (κ2) is 7.32. The van der Waals surface area contributed by atoms with Gasteiger partial charge < -0.3 is 5.32 Å². The van der Waals surface area contributed by atoms with Crippen molar-refractivity contribution in [2.75, 3.05) is 0 Å². The number of nitrogens with one attached hydrogen (secondary N) is 1. The molecule has 0 amide bonds. The number of hydrogen-bond acceptors (Lipinski definition) is 2. The highest BCUT2D eigenvalue weighted by Gasteiger charge is 2.23. The topological polar surface area (TPSA) is 24.9 Å². The Morgan fingerprint density at radius 1 is 0.960 bits per heavy atom. The molecule has 1 heterocycles. The summed E-state index contributed by atoms with van der Waals surface area (Å²) in [6.45, 7) is 0.930. The van der Waals surface area contributed by atoms with E-state index in [-0.39, 0.29) is 5.82 Å². The van der Waals surface area contributed by atoms with Gasteiger partial charge in [-0.3, -0.25) is 4.98 Å². The van der Waals surface area contributed by atoms with E-state index in [9.17, 15) is 4.39 Å². The van der Waals surface area contributed by atoms with Crippen LogP contribution in [0.2, 0.25) is 0 Å². The molecule has 0 spiro atoms. The second-order valence-corrected chi connectivity index (χ2v) is 6.98. The Bertz CT molecular complexity index is 839. The van der Waals surface area contributed by atoms with Gasteiger partial charge in [0.05, 0.1) is 5.52 Å². The van der Waals surface area contributed by atoms with E-state index >= 15 is 0 Å². The molecule has 0 atom stereocenters. The Kier molecular flexibility index (Phi) is 4.75. The maximum absolute atomic E-state index is 13.7. The molecule has 2 nitrogen and oxygen atoms in total. The van der Waals surface area contributed by atoms with E-state index in [0.29, 0.717) is 12.0 Å². The number of pyridine rings is 1. The lowest BCUT2D eigenvalue weighted by Crippen LogP contribution is -2.32. The van der Waals surface area contributed by atoms with Crippen molar-refractivity contribution >= 4 is 10.9 Å². The fourth-order valence-electron chi connectivity index (χ4n) is 3.96. The third-order valence-electron chi connectivity index (χ3n) is 5.34. The van der Waals surface area contributed by atoms with Gasteiger partial charge in [-0.2, -0.15) is 0 Å². The molecule has 0 bridgehead atoms. The molecule has 1 fully saturated rings. The first kappa shape index (κ1) is 16.2. The van der Waals surface area contributed by atoms with Crippen molar-refractivity contribution in [2.45, 2.75) is 44.2 Å². The van der Waals surface area contributed by atoms with Crippen LogP contribution < -0.4 is 5.32 Å². The summed E-state index contributed by atoms with van der Waals surface area (Å²) in [7, 11) is 0. The van der Waals surface area contributed by atoms with Crippen LogP contribution in [0.1, 0.15) is 42.7 Å². The average molecular weight is 334 g/mol. The van der Waals surface area contributed by atoms with Crippen LogP contribution in [0.15, 0.2) is 60.8 Å². The predicted octanol–water partition coefficient (Wildman–Crippen LogP) is 5.19. The van der Waals surface area contributed by atoms with Gasteiger partial charge in [-0.15, -0.1) is 0 Å². The van der Waals surface area contributed by atoms with Gasteiger partial charge in [0.2, 0.25) is 0 Å². The monoisotopic (exact) mass is 334 g/mol. The molecule has 0 unspecified atom stereocenters. The maximum Gasteiger partial charge on any atom is 0.123 e. The first-order chi connectivity index (χ1) is 12.3. The lowest BCUT2D eigenvalue weighted by molar-refractivity contribution is 0.342. The minimum absolute atomic E-state index is 0.181. The SMILES string of the molecule is Fc1ccc2nccc([C@H]3CC[C@H](NCc4ccccc4)CC3)c2c1. The maximum atomic E-state index is 13.7. The summed E-state index contributed by atoms with van der Waals surface area (Å²) in [5.41, 5.74) is 3.48. The number of nitrogens with zero attached hydrogens (tertiary/aromatic N) is 1. The highest BCUT2D eigenvalue weighted by Crippen LogP contribution is 2.36. The van der Waals surface area contributed by atoms with Gasteiger partial charge in [-0.1, -0.05) is 30.3 Å². The molecule has 1 saturated carbocycles. The van der Waals surface area contributed by atoms with Crippen LogP contribution in [0.5, 0.6) is 0 Å². The molecule has 0 aliphatic heterocycles. The van der Waals surface area contributed by atoms with Gasteiger partial charge in [0, 0.05) is 24.2 Å². The molecule has 1 aliphatic carbocycles. The molecule has 128 valence electrons. The fraction of sp³-hybridized carbons (Fsp3) is 0.318. The zero-order valence-electron chi connectivity index (χ0n) is 14.3. The van der Waals surface area contributed by atoms with Gasteiger partial charge in [0.25, 0.3) is 0 Å². The van der Waals surface area contributed by atoms with Crippen LogP contribution in [0, 0.1) is 5.82 Å². The number of hydrogen-bond donors (Lipinski definition) is 1. The Morgan fingerprint density at radius 3 is 2.56 bits per heavy atom. The zero-order valence-corrected chi connectivity index (χ0v) is 14.3. The summed E-state index contributed by atoms with van der Waals surface area (Å²) in [4.78, 5) is 4.38. The molecule has 1 aliphatic rings. The Labute approximate surface area is 148 Å². The number of halogens is 1. The van der Waals surface area contributed by atoms with E-state index in [1.54, 1.807) is 12.1 Å². The van der Waals surface area contributed by atoms with E-state index in [1.807, 2.05) is 6.20 Å². The van der Waals surface area contributed by atoms with E-state index in [2.05, 4.69) is 46.7 Å². The average Bonchev–Trinajstić information content (AvgIpc) is 2.67. The van der Waals surface area contributed by atoms with E-state index < -0.39 is 0 Å². The predicted molar refractivity (Wildman–Crippen MR) is 100.0 cm³/mol. The van der Waals surface area contributed by atoms with Crippen LogP contribution >= 0.6 is 0 Å². The first-order valence-electron chi connectivity index (χ1n) is 9.11. The van der Waals surface area contributed by atoms with E-state index in [1.165, 1.54) is 17.2 Å². The summed E-state index contributed by atoms with van der Waals surface area (Å²) < 4.78 is 13.7. The quantitative estimate of drug-likeness (QED) is 0.710. The smallest absolute Gasteiger partial charge is 0.123 e. The lowest BCUT2D eigenvalue weighted by Gasteiger charge is -2.30. The number of benzene rings is 2. The summed E-state index contributed by atoms with van der Waals surface area (Å²) in [6.07, 6.45) is 6.47. The summed E-state index contributed by atoms with van der Waals surface area (Å²) >= 11 is 0. The van der Waals surface area contributed by atoms with Gasteiger partial charge in [-0.05, 0) is 67.0 Å². The molecule has 0 saturated heterocycles. The van der Waals surface area contributed by atoms with Gasteiger partial charge in [-0.25, -0.2) is 4.39 Å². The van der Waals surface area contributed by atoms with Crippen molar-refractivity contribution in [2.24, 2.45) is 0 Å². The van der Waals surface area contributed by atoms with E-state index in [4.69, 9.17) is 0 Å². The third-order valence-corrected chi connectivity index (χ3v) is 5.34. The Balaban J connectivity index is 1.41. The molecular weight excluding hydrogens is 311 g/mol. The molecule has 4 rings (SSSR count).